The Balaban J connectivity index is 1.70. The van der Waals surface area contributed by atoms with E-state index in [1.165, 1.54) is 11.8 Å². The van der Waals surface area contributed by atoms with Crippen molar-refractivity contribution < 1.29 is 9.90 Å². The van der Waals surface area contributed by atoms with Crippen LogP contribution in [0.1, 0.15) is 5.56 Å². The van der Waals surface area contributed by atoms with Crippen molar-refractivity contribution in [2.24, 2.45) is 4.99 Å². The summed E-state index contributed by atoms with van der Waals surface area (Å²) in [4.78, 5) is 18.5. The molecule has 0 fully saturated rings. The number of amides is 1. The van der Waals surface area contributed by atoms with Crippen molar-refractivity contribution in [3.8, 4) is 5.75 Å². The lowest BCUT2D eigenvalue weighted by Crippen LogP contribution is -2.21. The van der Waals surface area contributed by atoms with E-state index >= 15 is 0 Å². The number of phenols is 1. The number of amidine groups is 1. The number of allylic oxidation sites excluding steroid dienone is 2. The van der Waals surface area contributed by atoms with Gasteiger partial charge in [-0.1, -0.05) is 42.5 Å². The first-order valence-corrected chi connectivity index (χ1v) is 8.22. The Bertz CT molecular complexity index is 824. The van der Waals surface area contributed by atoms with Gasteiger partial charge in [-0.05, 0) is 47.7 Å². The third-order valence-corrected chi connectivity index (χ3v) is 4.55. The highest BCUT2D eigenvalue weighted by molar-refractivity contribution is 8.18. The van der Waals surface area contributed by atoms with E-state index in [1.807, 2.05) is 54.4 Å². The van der Waals surface area contributed by atoms with E-state index in [9.17, 15) is 9.90 Å². The van der Waals surface area contributed by atoms with E-state index in [0.29, 0.717) is 10.1 Å². The standard InChI is InChI=1S/C19H16N2O2S/c1-21(15-10-12-16(22)13-11-15)19-20-18(23)17(24-19)9-5-8-14-6-3-2-4-7-14/h2-13,22H,1H3/b8-5+,17-9-. The number of hydrogen-bond acceptors (Lipinski definition) is 4. The fraction of sp³-hybridized carbons (Fsp3) is 0.0526. The molecule has 24 heavy (non-hydrogen) atoms. The normalized spacial score (nSPS) is 16.0. The topological polar surface area (TPSA) is 52.9 Å². The number of aromatic hydroxyl groups is 1. The number of hydrogen-bond donors (Lipinski definition) is 1. The molecule has 2 aromatic carbocycles. The maximum atomic E-state index is 12.0. The average Bonchev–Trinajstić information content (AvgIpc) is 2.97. The second kappa shape index (κ2) is 7.19. The predicted octanol–water partition coefficient (Wildman–Crippen LogP) is 4.06. The second-order valence-electron chi connectivity index (χ2n) is 5.18. The molecule has 1 heterocycles. The van der Waals surface area contributed by atoms with Gasteiger partial charge < -0.3 is 10.0 Å². The zero-order chi connectivity index (χ0) is 16.9. The molecule has 0 atom stereocenters. The summed E-state index contributed by atoms with van der Waals surface area (Å²) < 4.78 is 0. The van der Waals surface area contributed by atoms with Crippen LogP contribution < -0.4 is 4.90 Å². The Labute approximate surface area is 144 Å². The van der Waals surface area contributed by atoms with E-state index in [0.717, 1.165) is 11.3 Å². The number of carbonyl (C=O) groups is 1. The van der Waals surface area contributed by atoms with Gasteiger partial charge in [0.2, 0.25) is 0 Å². The quantitative estimate of drug-likeness (QED) is 0.859. The van der Waals surface area contributed by atoms with Crippen molar-refractivity contribution in [1.29, 1.82) is 0 Å². The van der Waals surface area contributed by atoms with Gasteiger partial charge >= 0.3 is 0 Å². The Morgan fingerprint density at radius 2 is 1.79 bits per heavy atom. The van der Waals surface area contributed by atoms with Crippen LogP contribution in [0.15, 0.2) is 76.6 Å². The number of benzene rings is 2. The summed E-state index contributed by atoms with van der Waals surface area (Å²) in [6, 6.07) is 16.7. The summed E-state index contributed by atoms with van der Waals surface area (Å²) in [6.07, 6.45) is 5.58. The zero-order valence-electron chi connectivity index (χ0n) is 13.1. The largest absolute Gasteiger partial charge is 0.508 e. The molecule has 0 spiro atoms. The molecular weight excluding hydrogens is 320 g/mol. The van der Waals surface area contributed by atoms with Crippen molar-refractivity contribution >= 4 is 34.6 Å². The van der Waals surface area contributed by atoms with E-state index in [-0.39, 0.29) is 11.7 Å². The van der Waals surface area contributed by atoms with Crippen molar-refractivity contribution in [3.05, 3.63) is 77.2 Å². The molecule has 0 saturated heterocycles. The summed E-state index contributed by atoms with van der Waals surface area (Å²) in [5.74, 6) is -0.0331. The molecule has 1 aliphatic rings. The summed E-state index contributed by atoms with van der Waals surface area (Å²) in [7, 11) is 1.84. The molecule has 120 valence electrons. The van der Waals surface area contributed by atoms with Crippen molar-refractivity contribution in [3.63, 3.8) is 0 Å². The molecule has 3 rings (SSSR count). The molecule has 1 amide bonds. The number of rotatable bonds is 3. The molecule has 0 aliphatic carbocycles. The summed E-state index contributed by atoms with van der Waals surface area (Å²) in [5, 5.41) is 9.97. The Morgan fingerprint density at radius 1 is 1.08 bits per heavy atom. The van der Waals surface area contributed by atoms with Gasteiger partial charge in [-0.3, -0.25) is 4.79 Å². The lowest BCUT2D eigenvalue weighted by atomic mass is 10.2. The van der Waals surface area contributed by atoms with Crippen molar-refractivity contribution in [2.75, 3.05) is 11.9 Å². The first-order chi connectivity index (χ1) is 11.6. The van der Waals surface area contributed by atoms with Crippen LogP contribution in [0.4, 0.5) is 5.69 Å². The van der Waals surface area contributed by atoms with Gasteiger partial charge in [0.15, 0.2) is 5.17 Å². The van der Waals surface area contributed by atoms with E-state index < -0.39 is 0 Å². The monoisotopic (exact) mass is 336 g/mol. The van der Waals surface area contributed by atoms with Crippen LogP contribution in [0.3, 0.4) is 0 Å². The molecule has 0 radical (unpaired) electrons. The van der Waals surface area contributed by atoms with Gasteiger partial charge in [0.25, 0.3) is 5.91 Å². The smallest absolute Gasteiger partial charge is 0.286 e. The maximum Gasteiger partial charge on any atom is 0.286 e. The second-order valence-corrected chi connectivity index (χ2v) is 6.19. The highest BCUT2D eigenvalue weighted by Gasteiger charge is 2.24. The Morgan fingerprint density at radius 3 is 2.50 bits per heavy atom. The number of aliphatic imine (C=N–C) groups is 1. The van der Waals surface area contributed by atoms with Crippen LogP contribution in [-0.2, 0) is 4.79 Å². The highest BCUT2D eigenvalue weighted by atomic mass is 32.2. The minimum Gasteiger partial charge on any atom is -0.508 e. The van der Waals surface area contributed by atoms with Gasteiger partial charge in [-0.25, -0.2) is 0 Å². The van der Waals surface area contributed by atoms with Crippen LogP contribution in [-0.4, -0.2) is 23.2 Å². The number of anilines is 1. The fourth-order valence-electron chi connectivity index (χ4n) is 2.15. The van der Waals surface area contributed by atoms with E-state index in [1.54, 1.807) is 30.3 Å². The molecule has 1 N–H and O–H groups in total. The minimum absolute atomic E-state index is 0.205. The molecule has 4 nitrogen and oxygen atoms in total. The Hall–Kier alpha value is -2.79. The average molecular weight is 336 g/mol. The predicted molar refractivity (Wildman–Crippen MR) is 100 cm³/mol. The van der Waals surface area contributed by atoms with Crippen molar-refractivity contribution in [2.45, 2.75) is 0 Å². The molecule has 1 aliphatic heterocycles. The van der Waals surface area contributed by atoms with Gasteiger partial charge in [-0.2, -0.15) is 4.99 Å². The van der Waals surface area contributed by atoms with Gasteiger partial charge in [0.1, 0.15) is 5.75 Å². The first kappa shape index (κ1) is 16.1. The molecule has 0 aromatic heterocycles. The molecular formula is C19H16N2O2S. The third kappa shape index (κ3) is 3.75. The minimum atomic E-state index is -0.238. The first-order valence-electron chi connectivity index (χ1n) is 7.40. The summed E-state index contributed by atoms with van der Waals surface area (Å²) in [5.41, 5.74) is 1.93. The number of thioether (sulfide) groups is 1. The van der Waals surface area contributed by atoms with Crippen molar-refractivity contribution in [1.82, 2.24) is 0 Å². The van der Waals surface area contributed by atoms with Crippen LogP contribution in [0.5, 0.6) is 5.75 Å². The van der Waals surface area contributed by atoms with E-state index in [2.05, 4.69) is 4.99 Å². The van der Waals surface area contributed by atoms with Crippen LogP contribution in [0.2, 0.25) is 0 Å². The number of phenolic OH excluding ortho intramolecular Hbond substituents is 1. The molecule has 5 heteroatoms. The lowest BCUT2D eigenvalue weighted by Gasteiger charge is -2.17. The van der Waals surface area contributed by atoms with Gasteiger partial charge in [0, 0.05) is 12.7 Å². The molecule has 2 aromatic rings. The zero-order valence-corrected chi connectivity index (χ0v) is 13.9. The van der Waals surface area contributed by atoms with E-state index in [4.69, 9.17) is 0 Å². The highest BCUT2D eigenvalue weighted by Crippen LogP contribution is 2.30. The Kier molecular flexibility index (Phi) is 4.82. The van der Waals surface area contributed by atoms with Crippen LogP contribution in [0.25, 0.3) is 6.08 Å². The van der Waals surface area contributed by atoms with Gasteiger partial charge in [0.05, 0.1) is 4.91 Å². The summed E-state index contributed by atoms with van der Waals surface area (Å²) >= 11 is 1.33. The number of nitrogens with zero attached hydrogens (tertiary/aromatic N) is 2. The lowest BCUT2D eigenvalue weighted by molar-refractivity contribution is -0.113. The van der Waals surface area contributed by atoms with Crippen LogP contribution >= 0.6 is 11.8 Å². The molecule has 0 saturated carbocycles. The molecule has 0 bridgehead atoms. The number of carbonyl (C=O) groups excluding carboxylic acids is 1. The fourth-order valence-corrected chi connectivity index (χ4v) is 3.00. The third-order valence-electron chi connectivity index (χ3n) is 3.47. The summed E-state index contributed by atoms with van der Waals surface area (Å²) in [6.45, 7) is 0. The molecule has 0 unspecified atom stereocenters. The maximum absolute atomic E-state index is 12.0. The van der Waals surface area contributed by atoms with Crippen LogP contribution in [0, 0.1) is 0 Å². The van der Waals surface area contributed by atoms with Gasteiger partial charge in [-0.15, -0.1) is 0 Å². The SMILES string of the molecule is CN(C1=NC(=O)/C(=C/C=C/c2ccccc2)S1)c1ccc(O)cc1.